The summed E-state index contributed by atoms with van der Waals surface area (Å²) < 4.78 is 40.7. The highest BCUT2D eigenvalue weighted by Gasteiger charge is 2.18. The fraction of sp³-hybridized carbons (Fsp3) is 0.455. The van der Waals surface area contributed by atoms with Gasteiger partial charge in [-0.25, -0.2) is 0 Å². The van der Waals surface area contributed by atoms with Crippen LogP contribution in [0, 0.1) is 18.8 Å². The van der Waals surface area contributed by atoms with Crippen LogP contribution in [-0.2, 0) is 25.6 Å². The second-order valence-corrected chi connectivity index (χ2v) is 8.98. The van der Waals surface area contributed by atoms with Crippen LogP contribution in [0.2, 0.25) is 0 Å². The molecule has 2 atom stereocenters. The first-order valence-corrected chi connectivity index (χ1v) is 10.9. The lowest BCUT2D eigenvalue weighted by atomic mass is 9.99. The van der Waals surface area contributed by atoms with Crippen molar-refractivity contribution in [2.45, 2.75) is 38.7 Å². The molecular weight excluding hydrogens is 376 g/mol. The van der Waals surface area contributed by atoms with E-state index in [1.54, 1.807) is 31.4 Å². The quantitative estimate of drug-likeness (QED) is 0.511. The lowest BCUT2D eigenvalue weighted by Crippen LogP contribution is -2.17. The van der Waals surface area contributed by atoms with E-state index >= 15 is 0 Å². The monoisotopic (exact) mass is 406 g/mol. The first-order chi connectivity index (χ1) is 13.3. The number of aryl methyl sites for hydroxylation is 1. The molecular formula is C22H30O5S. The summed E-state index contributed by atoms with van der Waals surface area (Å²) in [6.07, 6.45) is 0.825. The molecule has 0 bridgehead atoms. The summed E-state index contributed by atoms with van der Waals surface area (Å²) in [7, 11) is -2.07. The van der Waals surface area contributed by atoms with E-state index in [1.165, 1.54) is 0 Å². The molecule has 154 valence electrons. The van der Waals surface area contributed by atoms with Crippen LogP contribution < -0.4 is 4.74 Å². The molecule has 0 heterocycles. The predicted octanol–water partition coefficient (Wildman–Crippen LogP) is 4.59. The van der Waals surface area contributed by atoms with Crippen molar-refractivity contribution in [3.8, 4) is 5.75 Å². The highest BCUT2D eigenvalue weighted by molar-refractivity contribution is 7.86. The Labute approximate surface area is 168 Å². The van der Waals surface area contributed by atoms with E-state index in [2.05, 4.69) is 6.92 Å². The van der Waals surface area contributed by atoms with Crippen molar-refractivity contribution >= 4 is 10.1 Å². The fourth-order valence-corrected chi connectivity index (χ4v) is 3.92. The molecule has 0 aliphatic carbocycles. The van der Waals surface area contributed by atoms with E-state index in [9.17, 15) is 8.42 Å². The maximum absolute atomic E-state index is 12.3. The van der Waals surface area contributed by atoms with Crippen LogP contribution in [0.5, 0.6) is 5.75 Å². The molecule has 0 unspecified atom stereocenters. The van der Waals surface area contributed by atoms with Gasteiger partial charge in [0, 0.05) is 6.61 Å². The Balaban J connectivity index is 1.71. The summed E-state index contributed by atoms with van der Waals surface area (Å²) in [5.74, 6) is 1.24. The van der Waals surface area contributed by atoms with Crippen LogP contribution in [0.1, 0.15) is 31.4 Å². The van der Waals surface area contributed by atoms with E-state index in [-0.39, 0.29) is 17.4 Å². The van der Waals surface area contributed by atoms with Crippen molar-refractivity contribution in [2.24, 2.45) is 11.8 Å². The van der Waals surface area contributed by atoms with Gasteiger partial charge in [0.2, 0.25) is 0 Å². The first-order valence-electron chi connectivity index (χ1n) is 9.47. The molecule has 0 spiro atoms. The Kier molecular flexibility index (Phi) is 8.48. The third kappa shape index (κ3) is 7.26. The third-order valence-electron chi connectivity index (χ3n) is 4.45. The van der Waals surface area contributed by atoms with Crippen molar-refractivity contribution in [3.63, 3.8) is 0 Å². The summed E-state index contributed by atoms with van der Waals surface area (Å²) in [5.41, 5.74) is 2.10. The summed E-state index contributed by atoms with van der Waals surface area (Å²) >= 11 is 0. The van der Waals surface area contributed by atoms with Gasteiger partial charge in [-0.1, -0.05) is 43.7 Å². The van der Waals surface area contributed by atoms with Gasteiger partial charge >= 0.3 is 0 Å². The van der Waals surface area contributed by atoms with Crippen molar-refractivity contribution in [1.82, 2.24) is 0 Å². The molecule has 0 aliphatic rings. The van der Waals surface area contributed by atoms with E-state index in [1.807, 2.05) is 38.1 Å². The van der Waals surface area contributed by atoms with Crippen molar-refractivity contribution in [1.29, 1.82) is 0 Å². The molecule has 0 saturated heterocycles. The summed E-state index contributed by atoms with van der Waals surface area (Å²) in [6, 6.07) is 14.5. The number of methoxy groups -OCH3 is 1. The molecule has 0 N–H and O–H groups in total. The Morgan fingerprint density at radius 3 is 2.11 bits per heavy atom. The van der Waals surface area contributed by atoms with Crippen LogP contribution in [0.25, 0.3) is 0 Å². The van der Waals surface area contributed by atoms with Gasteiger partial charge in [0.25, 0.3) is 10.1 Å². The molecule has 0 radical (unpaired) electrons. The largest absolute Gasteiger partial charge is 0.497 e. The minimum Gasteiger partial charge on any atom is -0.497 e. The standard InChI is InChI=1S/C22H30O5S/c1-17-5-11-22(12-6-17)28(23,24)27-15-19(3)13-18(2)14-26-16-20-7-9-21(25-4)10-8-20/h5-12,18-19H,13-16H2,1-4H3/t18-,19+/m1/s1. The van der Waals surface area contributed by atoms with Gasteiger partial charge in [-0.15, -0.1) is 0 Å². The van der Waals surface area contributed by atoms with Gasteiger partial charge < -0.3 is 9.47 Å². The zero-order valence-corrected chi connectivity index (χ0v) is 17.9. The Morgan fingerprint density at radius 1 is 0.893 bits per heavy atom. The zero-order chi connectivity index (χ0) is 20.6. The topological polar surface area (TPSA) is 61.8 Å². The maximum Gasteiger partial charge on any atom is 0.296 e. The molecule has 6 heteroatoms. The molecule has 0 amide bonds. The summed E-state index contributed by atoms with van der Waals surface area (Å²) in [5, 5.41) is 0. The average molecular weight is 407 g/mol. The highest BCUT2D eigenvalue weighted by atomic mass is 32.2. The van der Waals surface area contributed by atoms with Crippen molar-refractivity contribution < 1.29 is 22.1 Å². The lowest BCUT2D eigenvalue weighted by Gasteiger charge is -2.17. The smallest absolute Gasteiger partial charge is 0.296 e. The zero-order valence-electron chi connectivity index (χ0n) is 17.1. The summed E-state index contributed by atoms with van der Waals surface area (Å²) in [6.45, 7) is 7.32. The van der Waals surface area contributed by atoms with Crippen LogP contribution in [0.3, 0.4) is 0 Å². The Hall–Kier alpha value is -1.89. The van der Waals surface area contributed by atoms with Crippen LogP contribution in [0.15, 0.2) is 53.4 Å². The molecule has 0 saturated carbocycles. The molecule has 0 aliphatic heterocycles. The lowest BCUT2D eigenvalue weighted by molar-refractivity contribution is 0.0814. The van der Waals surface area contributed by atoms with Gasteiger partial charge in [-0.05, 0) is 55.0 Å². The molecule has 28 heavy (non-hydrogen) atoms. The SMILES string of the molecule is COc1ccc(COC[C@H](C)C[C@H](C)COS(=O)(=O)c2ccc(C)cc2)cc1. The Bertz CT molecular complexity index is 813. The van der Waals surface area contributed by atoms with E-state index in [0.29, 0.717) is 19.1 Å². The van der Waals surface area contributed by atoms with Crippen LogP contribution in [0.4, 0.5) is 0 Å². The third-order valence-corrected chi connectivity index (χ3v) is 5.75. The number of hydrogen-bond donors (Lipinski definition) is 0. The van der Waals surface area contributed by atoms with Gasteiger partial charge in [0.15, 0.2) is 0 Å². The minimum absolute atomic E-state index is 0.111. The number of hydrogen-bond acceptors (Lipinski definition) is 5. The molecule has 0 aromatic heterocycles. The van der Waals surface area contributed by atoms with E-state index < -0.39 is 10.1 Å². The predicted molar refractivity (Wildman–Crippen MR) is 110 cm³/mol. The van der Waals surface area contributed by atoms with Gasteiger partial charge in [0.1, 0.15) is 5.75 Å². The molecule has 2 rings (SSSR count). The molecule has 2 aromatic carbocycles. The van der Waals surface area contributed by atoms with Crippen LogP contribution in [-0.4, -0.2) is 28.7 Å². The van der Waals surface area contributed by atoms with E-state index in [4.69, 9.17) is 13.7 Å². The normalized spacial score (nSPS) is 13.9. The number of benzene rings is 2. The molecule has 0 fully saturated rings. The fourth-order valence-electron chi connectivity index (χ4n) is 2.90. The van der Waals surface area contributed by atoms with E-state index in [0.717, 1.165) is 23.3 Å². The average Bonchev–Trinajstić information content (AvgIpc) is 2.67. The first kappa shape index (κ1) is 22.4. The second kappa shape index (κ2) is 10.6. The maximum atomic E-state index is 12.3. The van der Waals surface area contributed by atoms with Crippen LogP contribution >= 0.6 is 0 Å². The molecule has 5 nitrogen and oxygen atoms in total. The number of ether oxygens (including phenoxy) is 2. The van der Waals surface area contributed by atoms with Gasteiger partial charge in [-0.3, -0.25) is 4.18 Å². The second-order valence-electron chi connectivity index (χ2n) is 7.36. The summed E-state index contributed by atoms with van der Waals surface area (Å²) in [4.78, 5) is 0.196. The molecule has 2 aromatic rings. The van der Waals surface area contributed by atoms with Crippen molar-refractivity contribution in [3.05, 3.63) is 59.7 Å². The van der Waals surface area contributed by atoms with Crippen molar-refractivity contribution in [2.75, 3.05) is 20.3 Å². The number of rotatable bonds is 11. The van der Waals surface area contributed by atoms with Gasteiger partial charge in [0.05, 0.1) is 25.2 Å². The van der Waals surface area contributed by atoms with Gasteiger partial charge in [-0.2, -0.15) is 8.42 Å². The highest BCUT2D eigenvalue weighted by Crippen LogP contribution is 2.18. The Morgan fingerprint density at radius 2 is 1.50 bits per heavy atom. The minimum atomic E-state index is -3.71.